The Kier molecular flexibility index (Phi) is 7.02. The van der Waals surface area contributed by atoms with Crippen LogP contribution in [0.3, 0.4) is 0 Å². The maximum absolute atomic E-state index is 11.1. The van der Waals surface area contributed by atoms with Crippen LogP contribution >= 0.6 is 0 Å². The molecule has 2 N–H and O–H groups in total. The molecular formula is C10H18O4. The quantitative estimate of drug-likeness (QED) is 0.583. The molecule has 0 fully saturated rings. The van der Waals surface area contributed by atoms with Crippen molar-refractivity contribution in [1.82, 2.24) is 0 Å². The number of rotatable bonds is 8. The van der Waals surface area contributed by atoms with Crippen molar-refractivity contribution in [2.75, 3.05) is 0 Å². The number of carbonyl (C=O) groups excluding carboxylic acids is 1. The van der Waals surface area contributed by atoms with Crippen molar-refractivity contribution in [3.63, 3.8) is 0 Å². The molecule has 0 aliphatic carbocycles. The number of hydrogen-bond donors (Lipinski definition) is 2. The van der Waals surface area contributed by atoms with Gasteiger partial charge in [0.1, 0.15) is 5.78 Å². The van der Waals surface area contributed by atoms with Gasteiger partial charge in [0.15, 0.2) is 6.10 Å². The summed E-state index contributed by atoms with van der Waals surface area (Å²) in [4.78, 5) is 21.3. The van der Waals surface area contributed by atoms with Crippen LogP contribution in [0.15, 0.2) is 0 Å². The van der Waals surface area contributed by atoms with Crippen molar-refractivity contribution in [2.24, 2.45) is 0 Å². The molecule has 0 aliphatic heterocycles. The summed E-state index contributed by atoms with van der Waals surface area (Å²) in [6, 6.07) is 0. The number of aliphatic carboxylic acids is 1. The van der Waals surface area contributed by atoms with Gasteiger partial charge in [-0.05, 0) is 6.42 Å². The molecule has 0 heterocycles. The molecule has 4 heteroatoms. The first kappa shape index (κ1) is 13.1. The molecule has 0 aromatic carbocycles. The highest BCUT2D eigenvalue weighted by molar-refractivity contribution is 5.84. The molecule has 0 saturated carbocycles. The number of aliphatic hydroxyl groups is 1. The van der Waals surface area contributed by atoms with Crippen LogP contribution in [-0.4, -0.2) is 28.1 Å². The molecule has 14 heavy (non-hydrogen) atoms. The number of hydrogen-bond acceptors (Lipinski definition) is 3. The van der Waals surface area contributed by atoms with Gasteiger partial charge in [0.2, 0.25) is 0 Å². The van der Waals surface area contributed by atoms with Gasteiger partial charge in [0, 0.05) is 12.8 Å². The van der Waals surface area contributed by atoms with Crippen molar-refractivity contribution in [3.05, 3.63) is 0 Å². The predicted molar refractivity (Wildman–Crippen MR) is 52.0 cm³/mol. The fourth-order valence-corrected chi connectivity index (χ4v) is 1.15. The number of carboxylic acid groups (broad SMARTS) is 1. The summed E-state index contributed by atoms with van der Waals surface area (Å²) in [7, 11) is 0. The second-order valence-corrected chi connectivity index (χ2v) is 3.41. The third-order valence-corrected chi connectivity index (χ3v) is 2.02. The summed E-state index contributed by atoms with van der Waals surface area (Å²) in [6.07, 6.45) is 2.56. The Balaban J connectivity index is 3.50. The van der Waals surface area contributed by atoms with Gasteiger partial charge < -0.3 is 10.2 Å². The Morgan fingerprint density at radius 3 is 2.36 bits per heavy atom. The summed E-state index contributed by atoms with van der Waals surface area (Å²) < 4.78 is 0. The van der Waals surface area contributed by atoms with E-state index in [1.807, 2.05) is 0 Å². The molecular weight excluding hydrogens is 184 g/mol. The molecule has 0 unspecified atom stereocenters. The summed E-state index contributed by atoms with van der Waals surface area (Å²) in [6.45, 7) is 2.08. The standard InChI is InChI=1S/C10H18O4/c1-2-3-4-5-6-8(11)7-9(12)10(13)14/h9,12H,2-7H2,1H3,(H,13,14)/t9-/m1/s1. The monoisotopic (exact) mass is 202 g/mol. The predicted octanol–water partition coefficient (Wildman–Crippen LogP) is 1.36. The molecule has 0 radical (unpaired) electrons. The van der Waals surface area contributed by atoms with E-state index in [1.54, 1.807) is 0 Å². The molecule has 0 aromatic heterocycles. The van der Waals surface area contributed by atoms with E-state index in [1.165, 1.54) is 0 Å². The highest BCUT2D eigenvalue weighted by Gasteiger charge is 2.16. The average molecular weight is 202 g/mol. The first-order valence-electron chi connectivity index (χ1n) is 5.00. The number of aliphatic hydroxyl groups excluding tert-OH is 1. The topological polar surface area (TPSA) is 74.6 Å². The molecule has 0 saturated heterocycles. The highest BCUT2D eigenvalue weighted by Crippen LogP contribution is 2.05. The van der Waals surface area contributed by atoms with Crippen molar-refractivity contribution in [3.8, 4) is 0 Å². The van der Waals surface area contributed by atoms with E-state index in [0.29, 0.717) is 6.42 Å². The minimum Gasteiger partial charge on any atom is -0.479 e. The second kappa shape index (κ2) is 7.50. The number of carbonyl (C=O) groups is 2. The fourth-order valence-electron chi connectivity index (χ4n) is 1.15. The van der Waals surface area contributed by atoms with Gasteiger partial charge >= 0.3 is 5.97 Å². The molecule has 0 aliphatic rings. The fraction of sp³-hybridized carbons (Fsp3) is 0.800. The van der Waals surface area contributed by atoms with Gasteiger partial charge in [-0.15, -0.1) is 0 Å². The van der Waals surface area contributed by atoms with Gasteiger partial charge in [-0.25, -0.2) is 4.79 Å². The lowest BCUT2D eigenvalue weighted by Crippen LogP contribution is -2.22. The van der Waals surface area contributed by atoms with Crippen molar-refractivity contribution in [2.45, 2.75) is 51.6 Å². The second-order valence-electron chi connectivity index (χ2n) is 3.41. The van der Waals surface area contributed by atoms with Crippen molar-refractivity contribution < 1.29 is 19.8 Å². The van der Waals surface area contributed by atoms with E-state index in [9.17, 15) is 9.59 Å². The van der Waals surface area contributed by atoms with E-state index in [2.05, 4.69) is 6.92 Å². The SMILES string of the molecule is CCCCCCC(=O)C[C@@H](O)C(=O)O. The summed E-state index contributed by atoms with van der Waals surface area (Å²) in [5.74, 6) is -1.50. The van der Waals surface area contributed by atoms with Crippen LogP contribution in [-0.2, 0) is 9.59 Å². The number of unbranched alkanes of at least 4 members (excludes halogenated alkanes) is 3. The molecule has 82 valence electrons. The number of carboxylic acids is 1. The van der Waals surface area contributed by atoms with E-state index in [-0.39, 0.29) is 12.2 Å². The smallest absolute Gasteiger partial charge is 0.332 e. The molecule has 0 aromatic rings. The van der Waals surface area contributed by atoms with Crippen LogP contribution < -0.4 is 0 Å². The largest absolute Gasteiger partial charge is 0.479 e. The Bertz CT molecular complexity index is 189. The third-order valence-electron chi connectivity index (χ3n) is 2.02. The van der Waals surface area contributed by atoms with Crippen LogP contribution in [0.2, 0.25) is 0 Å². The molecule has 1 atom stereocenters. The normalized spacial score (nSPS) is 12.4. The van der Waals surface area contributed by atoms with Crippen molar-refractivity contribution in [1.29, 1.82) is 0 Å². The molecule has 0 bridgehead atoms. The lowest BCUT2D eigenvalue weighted by Gasteiger charge is -2.03. The highest BCUT2D eigenvalue weighted by atomic mass is 16.4. The van der Waals surface area contributed by atoms with E-state index >= 15 is 0 Å². The number of Topliss-reactive ketones (excluding diaryl/α,β-unsaturated/α-hetero) is 1. The minimum atomic E-state index is -1.53. The zero-order chi connectivity index (χ0) is 11.0. The van der Waals surface area contributed by atoms with Crippen LogP contribution in [0.25, 0.3) is 0 Å². The maximum atomic E-state index is 11.1. The summed E-state index contributed by atoms with van der Waals surface area (Å²) in [5.41, 5.74) is 0. The van der Waals surface area contributed by atoms with Crippen LogP contribution in [0, 0.1) is 0 Å². The molecule has 0 rings (SSSR count). The first-order chi connectivity index (χ1) is 6.57. The Morgan fingerprint density at radius 1 is 1.21 bits per heavy atom. The Hall–Kier alpha value is -0.900. The summed E-state index contributed by atoms with van der Waals surface area (Å²) >= 11 is 0. The lowest BCUT2D eigenvalue weighted by atomic mass is 10.1. The Labute approximate surface area is 83.9 Å². The Morgan fingerprint density at radius 2 is 1.86 bits per heavy atom. The maximum Gasteiger partial charge on any atom is 0.332 e. The molecule has 4 nitrogen and oxygen atoms in total. The van der Waals surface area contributed by atoms with Crippen LogP contribution in [0.4, 0.5) is 0 Å². The van der Waals surface area contributed by atoms with E-state index in [4.69, 9.17) is 10.2 Å². The van der Waals surface area contributed by atoms with Gasteiger partial charge in [0.05, 0.1) is 0 Å². The lowest BCUT2D eigenvalue weighted by molar-refractivity contribution is -0.148. The average Bonchev–Trinajstić information content (AvgIpc) is 2.12. The third kappa shape index (κ3) is 6.60. The van der Waals surface area contributed by atoms with Gasteiger partial charge in [-0.1, -0.05) is 26.2 Å². The van der Waals surface area contributed by atoms with E-state index in [0.717, 1.165) is 25.7 Å². The zero-order valence-electron chi connectivity index (χ0n) is 8.53. The first-order valence-corrected chi connectivity index (χ1v) is 5.00. The zero-order valence-corrected chi connectivity index (χ0v) is 8.53. The van der Waals surface area contributed by atoms with Gasteiger partial charge in [-0.3, -0.25) is 4.79 Å². The molecule has 0 amide bonds. The summed E-state index contributed by atoms with van der Waals surface area (Å²) in [5, 5.41) is 17.2. The van der Waals surface area contributed by atoms with Crippen molar-refractivity contribution >= 4 is 11.8 Å². The van der Waals surface area contributed by atoms with Gasteiger partial charge in [0.25, 0.3) is 0 Å². The van der Waals surface area contributed by atoms with Crippen LogP contribution in [0.5, 0.6) is 0 Å². The number of ketones is 1. The molecule has 0 spiro atoms. The van der Waals surface area contributed by atoms with E-state index < -0.39 is 12.1 Å². The van der Waals surface area contributed by atoms with Crippen LogP contribution in [0.1, 0.15) is 45.4 Å². The minimum absolute atomic E-state index is 0.170. The van der Waals surface area contributed by atoms with Gasteiger partial charge in [-0.2, -0.15) is 0 Å².